The fourth-order valence-corrected chi connectivity index (χ4v) is 8.44. The summed E-state index contributed by atoms with van der Waals surface area (Å²) in [5.74, 6) is 2.10. The second-order valence-electron chi connectivity index (χ2n) is 11.8. The monoisotopic (exact) mass is 642 g/mol. The first-order valence-corrected chi connectivity index (χ1v) is 16.8. The van der Waals surface area contributed by atoms with E-state index in [-0.39, 0.29) is 14.5 Å². The number of rotatable bonds is 7. The molecule has 44 heavy (non-hydrogen) atoms. The van der Waals surface area contributed by atoms with Gasteiger partial charge in [-0.2, -0.15) is 0 Å². The van der Waals surface area contributed by atoms with Gasteiger partial charge < -0.3 is 0 Å². The third kappa shape index (κ3) is 5.25. The molecule has 0 aliphatic heterocycles. The van der Waals surface area contributed by atoms with Crippen LogP contribution in [0.2, 0.25) is 0 Å². The van der Waals surface area contributed by atoms with E-state index in [0.29, 0.717) is 17.7 Å². The maximum absolute atomic E-state index is 6.34. The Morgan fingerprint density at radius 2 is 1.48 bits per heavy atom. The van der Waals surface area contributed by atoms with Crippen LogP contribution in [0.15, 0.2) is 104 Å². The minimum absolute atomic E-state index is 0.134. The SMILES string of the molecule is Cc1ccc2c(n1)[se]c1c(-c3cccc(Oc4cccc(-c5cn(-c6c(C(C)C)cccc6C(C)C)cn5)c4)n3)cccc12. The molecular formula is C38H34N4OSe. The van der Waals surface area contributed by atoms with Gasteiger partial charge in [0.1, 0.15) is 0 Å². The number of nitrogens with zero attached hydrogens (tertiary/aromatic N) is 4. The molecule has 0 unspecified atom stereocenters. The quantitative estimate of drug-likeness (QED) is 0.163. The molecule has 0 amide bonds. The second-order valence-corrected chi connectivity index (χ2v) is 13.9. The molecule has 0 saturated heterocycles. The van der Waals surface area contributed by atoms with Crippen molar-refractivity contribution in [2.75, 3.05) is 0 Å². The summed E-state index contributed by atoms with van der Waals surface area (Å²) >= 11 is 0.134. The van der Waals surface area contributed by atoms with Gasteiger partial charge in [-0.25, -0.2) is 0 Å². The van der Waals surface area contributed by atoms with Gasteiger partial charge in [-0.1, -0.05) is 45.9 Å². The van der Waals surface area contributed by atoms with Crippen LogP contribution in [-0.2, 0) is 0 Å². The van der Waals surface area contributed by atoms with Gasteiger partial charge in [-0.05, 0) is 23.0 Å². The number of aryl methyl sites for hydroxylation is 1. The van der Waals surface area contributed by atoms with E-state index < -0.39 is 0 Å². The van der Waals surface area contributed by atoms with Crippen molar-refractivity contribution in [1.82, 2.24) is 19.5 Å². The second kappa shape index (κ2) is 11.5. The Morgan fingerprint density at radius 3 is 2.27 bits per heavy atom. The van der Waals surface area contributed by atoms with E-state index in [0.717, 1.165) is 34.0 Å². The predicted octanol–water partition coefficient (Wildman–Crippen LogP) is 9.71. The van der Waals surface area contributed by atoms with E-state index in [9.17, 15) is 0 Å². The van der Waals surface area contributed by atoms with Crippen molar-refractivity contribution in [3.05, 3.63) is 120 Å². The first kappa shape index (κ1) is 28.3. The zero-order chi connectivity index (χ0) is 30.4. The Balaban J connectivity index is 1.19. The Hall–Kier alpha value is -4.51. The first-order valence-electron chi connectivity index (χ1n) is 15.1. The molecule has 0 aliphatic carbocycles. The Morgan fingerprint density at radius 1 is 0.727 bits per heavy atom. The minimum atomic E-state index is 0.134. The van der Waals surface area contributed by atoms with Crippen LogP contribution in [0.4, 0.5) is 0 Å². The molecule has 0 atom stereocenters. The van der Waals surface area contributed by atoms with Gasteiger partial charge >= 0.3 is 190 Å². The molecule has 0 fully saturated rings. The van der Waals surface area contributed by atoms with E-state index >= 15 is 0 Å². The fourth-order valence-electron chi connectivity index (χ4n) is 5.84. The number of hydrogen-bond donors (Lipinski definition) is 0. The van der Waals surface area contributed by atoms with Crippen molar-refractivity contribution in [2.24, 2.45) is 0 Å². The molecule has 7 aromatic rings. The molecule has 4 aromatic heterocycles. The summed E-state index contributed by atoms with van der Waals surface area (Å²) in [7, 11) is 0. The molecule has 0 radical (unpaired) electrons. The average Bonchev–Trinajstić information content (AvgIpc) is 3.66. The van der Waals surface area contributed by atoms with Gasteiger partial charge in [-0.15, -0.1) is 0 Å². The first-order chi connectivity index (χ1) is 21.4. The van der Waals surface area contributed by atoms with Crippen LogP contribution in [-0.4, -0.2) is 34.0 Å². The van der Waals surface area contributed by atoms with Crippen molar-refractivity contribution in [2.45, 2.75) is 46.5 Å². The van der Waals surface area contributed by atoms with Crippen LogP contribution in [0.1, 0.15) is 56.4 Å². The van der Waals surface area contributed by atoms with E-state index in [2.05, 4.69) is 106 Å². The summed E-state index contributed by atoms with van der Waals surface area (Å²) in [6.45, 7) is 11.0. The van der Waals surface area contributed by atoms with Crippen molar-refractivity contribution >= 4 is 33.9 Å². The van der Waals surface area contributed by atoms with Crippen molar-refractivity contribution < 1.29 is 4.74 Å². The summed E-state index contributed by atoms with van der Waals surface area (Å²) in [5.41, 5.74) is 8.88. The molecule has 0 saturated carbocycles. The molecule has 4 heterocycles. The zero-order valence-corrected chi connectivity index (χ0v) is 27.3. The van der Waals surface area contributed by atoms with E-state index in [1.54, 1.807) is 0 Å². The van der Waals surface area contributed by atoms with Gasteiger partial charge in [0.25, 0.3) is 0 Å². The number of hydrogen-bond acceptors (Lipinski definition) is 4. The molecule has 0 aliphatic rings. The molecule has 0 N–H and O–H groups in total. The number of aromatic nitrogens is 4. The number of imidazole rings is 1. The van der Waals surface area contributed by atoms with Gasteiger partial charge in [0.15, 0.2) is 0 Å². The standard InChI is InChI=1S/C38H34N4OSe/c1-23(2)28-12-7-13-29(24(3)4)36(28)42-21-34(39-22-42)26-10-6-11-27(20-26)43-35-17-9-16-33(41-35)32-15-8-14-30-31-19-18-25(5)40-38(31)44-37(30)32/h6-24H,1-5H3. The summed E-state index contributed by atoms with van der Waals surface area (Å²) < 4.78 is 11.0. The molecule has 0 spiro atoms. The van der Waals surface area contributed by atoms with Gasteiger partial charge in [0, 0.05) is 0 Å². The maximum atomic E-state index is 6.34. The van der Waals surface area contributed by atoms with Crippen LogP contribution >= 0.6 is 0 Å². The molecule has 5 nitrogen and oxygen atoms in total. The topological polar surface area (TPSA) is 52.8 Å². The van der Waals surface area contributed by atoms with E-state index in [4.69, 9.17) is 19.7 Å². The third-order valence-corrected chi connectivity index (χ3v) is 10.4. The van der Waals surface area contributed by atoms with Gasteiger partial charge in [-0.3, -0.25) is 0 Å². The average molecular weight is 642 g/mol. The Labute approximate surface area is 264 Å². The Kier molecular flexibility index (Phi) is 7.41. The molecule has 7 rings (SSSR count). The van der Waals surface area contributed by atoms with Crippen molar-refractivity contribution in [3.63, 3.8) is 0 Å². The van der Waals surface area contributed by atoms with E-state index in [1.165, 1.54) is 36.2 Å². The van der Waals surface area contributed by atoms with Crippen LogP contribution in [0.3, 0.4) is 0 Å². The summed E-state index contributed by atoms with van der Waals surface area (Å²) in [5, 5.41) is 2.51. The molecule has 0 bridgehead atoms. The number of fused-ring (bicyclic) bond motifs is 3. The van der Waals surface area contributed by atoms with Crippen LogP contribution < -0.4 is 4.74 Å². The van der Waals surface area contributed by atoms with Crippen LogP contribution in [0.25, 0.3) is 47.6 Å². The number of para-hydroxylation sites is 1. The van der Waals surface area contributed by atoms with Crippen LogP contribution in [0.5, 0.6) is 11.6 Å². The van der Waals surface area contributed by atoms with E-state index in [1.807, 2.05) is 36.7 Å². The summed E-state index contributed by atoms with van der Waals surface area (Å²) in [4.78, 5) is 14.6. The molecular weight excluding hydrogens is 607 g/mol. The number of ether oxygens (including phenoxy) is 1. The zero-order valence-electron chi connectivity index (χ0n) is 25.6. The number of benzene rings is 3. The molecule has 218 valence electrons. The normalized spacial score (nSPS) is 11.7. The molecule has 3 aromatic carbocycles. The molecule has 6 heteroatoms. The fraction of sp³-hybridized carbons (Fsp3) is 0.184. The third-order valence-electron chi connectivity index (χ3n) is 8.04. The Bertz CT molecular complexity index is 2110. The van der Waals surface area contributed by atoms with Crippen molar-refractivity contribution in [3.8, 4) is 39.8 Å². The summed E-state index contributed by atoms with van der Waals surface area (Å²) in [6.07, 6.45) is 4.05. The van der Waals surface area contributed by atoms with Crippen LogP contribution in [0, 0.1) is 6.92 Å². The van der Waals surface area contributed by atoms with Gasteiger partial charge in [0.05, 0.1) is 5.69 Å². The van der Waals surface area contributed by atoms with Gasteiger partial charge in [0.2, 0.25) is 0 Å². The summed E-state index contributed by atoms with van der Waals surface area (Å²) in [6, 6.07) is 31.4. The predicted molar refractivity (Wildman–Crippen MR) is 181 cm³/mol. The van der Waals surface area contributed by atoms with Crippen molar-refractivity contribution in [1.29, 1.82) is 0 Å². The number of pyridine rings is 2.